The highest BCUT2D eigenvalue weighted by molar-refractivity contribution is 6.60. The van der Waals surface area contributed by atoms with E-state index in [1.165, 1.54) is 0 Å². The van der Waals surface area contributed by atoms with E-state index in [1.54, 1.807) is 0 Å². The molecule has 0 aromatic carbocycles. The summed E-state index contributed by atoms with van der Waals surface area (Å²) < 4.78 is 22.4. The van der Waals surface area contributed by atoms with Crippen molar-refractivity contribution < 1.29 is 18.0 Å². The number of ether oxygens (including phenoxy) is 1. The van der Waals surface area contributed by atoms with Crippen LogP contribution in [0.2, 0.25) is 6.04 Å². The second kappa shape index (κ2) is 6.60. The molecule has 0 bridgehead atoms. The minimum atomic E-state index is -2.40. The van der Waals surface area contributed by atoms with Gasteiger partial charge in [0.2, 0.25) is 0 Å². The Bertz CT molecular complexity index is 156. The quantitative estimate of drug-likeness (QED) is 0.451. The zero-order valence-electron chi connectivity index (χ0n) is 9.95. The first-order chi connectivity index (χ1) is 7.26. The van der Waals surface area contributed by atoms with Crippen molar-refractivity contribution in [3.05, 3.63) is 0 Å². The summed E-state index contributed by atoms with van der Waals surface area (Å²) in [7, 11) is -2.40. The van der Waals surface area contributed by atoms with E-state index in [-0.39, 0.29) is 6.10 Å². The summed E-state index contributed by atoms with van der Waals surface area (Å²) in [4.78, 5) is 0. The molecular formula is C10H22O4Si. The van der Waals surface area contributed by atoms with Crippen molar-refractivity contribution in [1.82, 2.24) is 0 Å². The first-order valence-corrected chi connectivity index (χ1v) is 7.73. The Balaban J connectivity index is 2.43. The van der Waals surface area contributed by atoms with Crippen molar-refractivity contribution in [2.75, 3.05) is 26.4 Å². The van der Waals surface area contributed by atoms with Crippen LogP contribution >= 0.6 is 0 Å². The molecule has 4 nitrogen and oxygen atoms in total. The van der Waals surface area contributed by atoms with Gasteiger partial charge in [-0.1, -0.05) is 13.3 Å². The molecule has 1 aliphatic rings. The van der Waals surface area contributed by atoms with Crippen LogP contribution < -0.4 is 0 Å². The molecule has 1 fully saturated rings. The number of hydrogen-bond donors (Lipinski definition) is 0. The third-order valence-corrected chi connectivity index (χ3v) is 5.35. The SMILES string of the molecule is CCC[Si](OCC)(OCC)OCC1CO1. The van der Waals surface area contributed by atoms with E-state index in [1.807, 2.05) is 13.8 Å². The van der Waals surface area contributed by atoms with Gasteiger partial charge >= 0.3 is 8.80 Å². The van der Waals surface area contributed by atoms with Crippen molar-refractivity contribution in [2.24, 2.45) is 0 Å². The standard InChI is InChI=1S/C10H22O4Si/c1-4-7-15(12-5-2,13-6-3)14-9-10-8-11-10/h10H,4-9H2,1-3H3. The van der Waals surface area contributed by atoms with Gasteiger partial charge in [-0.25, -0.2) is 0 Å². The van der Waals surface area contributed by atoms with Gasteiger partial charge in [0, 0.05) is 19.3 Å². The molecule has 1 aliphatic heterocycles. The fraction of sp³-hybridized carbons (Fsp3) is 1.00. The summed E-state index contributed by atoms with van der Waals surface area (Å²) in [6.45, 7) is 8.81. The highest BCUT2D eigenvalue weighted by atomic mass is 28.4. The van der Waals surface area contributed by atoms with E-state index in [0.29, 0.717) is 19.8 Å². The third kappa shape index (κ3) is 4.61. The Labute approximate surface area is 93.2 Å². The summed E-state index contributed by atoms with van der Waals surface area (Å²) >= 11 is 0. The lowest BCUT2D eigenvalue weighted by Crippen LogP contribution is -2.46. The Morgan fingerprint density at radius 3 is 2.13 bits per heavy atom. The molecule has 0 N–H and O–H groups in total. The zero-order chi connectivity index (χ0) is 11.1. The monoisotopic (exact) mass is 234 g/mol. The van der Waals surface area contributed by atoms with Gasteiger partial charge in [0.05, 0.1) is 13.2 Å². The van der Waals surface area contributed by atoms with Crippen LogP contribution in [-0.2, 0) is 18.0 Å². The maximum absolute atomic E-state index is 5.84. The Morgan fingerprint density at radius 1 is 1.13 bits per heavy atom. The molecule has 1 heterocycles. The molecule has 0 aliphatic carbocycles. The van der Waals surface area contributed by atoms with E-state index < -0.39 is 8.80 Å². The van der Waals surface area contributed by atoms with Crippen LogP contribution in [0.1, 0.15) is 27.2 Å². The average molecular weight is 234 g/mol. The highest BCUT2D eigenvalue weighted by Crippen LogP contribution is 2.20. The van der Waals surface area contributed by atoms with Gasteiger partial charge in [-0.2, -0.15) is 0 Å². The van der Waals surface area contributed by atoms with Gasteiger partial charge in [-0.3, -0.25) is 0 Å². The lowest BCUT2D eigenvalue weighted by molar-refractivity contribution is 0.0614. The van der Waals surface area contributed by atoms with Gasteiger partial charge in [-0.15, -0.1) is 0 Å². The second-order valence-electron chi connectivity index (χ2n) is 3.57. The average Bonchev–Trinajstić information content (AvgIpc) is 2.99. The Kier molecular flexibility index (Phi) is 5.77. The predicted octanol–water partition coefficient (Wildman–Crippen LogP) is 1.82. The van der Waals surface area contributed by atoms with Crippen molar-refractivity contribution in [3.63, 3.8) is 0 Å². The van der Waals surface area contributed by atoms with Gasteiger partial charge in [0.25, 0.3) is 0 Å². The lowest BCUT2D eigenvalue weighted by Gasteiger charge is -2.28. The molecule has 1 unspecified atom stereocenters. The van der Waals surface area contributed by atoms with Gasteiger partial charge in [0.1, 0.15) is 6.10 Å². The van der Waals surface area contributed by atoms with Crippen LogP contribution in [0.25, 0.3) is 0 Å². The zero-order valence-corrected chi connectivity index (χ0v) is 11.0. The van der Waals surface area contributed by atoms with Crippen molar-refractivity contribution >= 4 is 8.80 Å². The fourth-order valence-electron chi connectivity index (χ4n) is 1.47. The molecule has 1 atom stereocenters. The van der Waals surface area contributed by atoms with Crippen molar-refractivity contribution in [3.8, 4) is 0 Å². The van der Waals surface area contributed by atoms with Crippen LogP contribution in [0.15, 0.2) is 0 Å². The summed E-state index contributed by atoms with van der Waals surface area (Å²) in [6, 6.07) is 0.890. The van der Waals surface area contributed by atoms with Crippen LogP contribution in [0.3, 0.4) is 0 Å². The predicted molar refractivity (Wildman–Crippen MR) is 59.8 cm³/mol. The summed E-state index contributed by atoms with van der Waals surface area (Å²) in [5.41, 5.74) is 0. The molecule has 0 radical (unpaired) electrons. The minimum absolute atomic E-state index is 0.273. The van der Waals surface area contributed by atoms with Crippen LogP contribution in [0.4, 0.5) is 0 Å². The van der Waals surface area contributed by atoms with Crippen molar-refractivity contribution in [1.29, 1.82) is 0 Å². The summed E-state index contributed by atoms with van der Waals surface area (Å²) in [6.07, 6.45) is 1.30. The van der Waals surface area contributed by atoms with Crippen LogP contribution in [-0.4, -0.2) is 41.3 Å². The number of hydrogen-bond acceptors (Lipinski definition) is 4. The van der Waals surface area contributed by atoms with Crippen LogP contribution in [0, 0.1) is 0 Å². The minimum Gasteiger partial charge on any atom is -0.374 e. The topological polar surface area (TPSA) is 40.2 Å². The molecular weight excluding hydrogens is 212 g/mol. The molecule has 0 aromatic heterocycles. The molecule has 90 valence electrons. The molecule has 15 heavy (non-hydrogen) atoms. The number of rotatable bonds is 9. The van der Waals surface area contributed by atoms with Gasteiger partial charge < -0.3 is 18.0 Å². The smallest absolute Gasteiger partial charge is 0.374 e. The lowest BCUT2D eigenvalue weighted by atomic mass is 10.5. The maximum Gasteiger partial charge on any atom is 0.501 e. The van der Waals surface area contributed by atoms with Crippen molar-refractivity contribution in [2.45, 2.75) is 39.3 Å². The third-order valence-electron chi connectivity index (χ3n) is 2.18. The van der Waals surface area contributed by atoms with E-state index in [9.17, 15) is 0 Å². The second-order valence-corrected chi connectivity index (χ2v) is 6.30. The van der Waals surface area contributed by atoms with E-state index in [2.05, 4.69) is 6.92 Å². The normalized spacial score (nSPS) is 20.6. The molecule has 0 saturated carbocycles. The van der Waals surface area contributed by atoms with Gasteiger partial charge in [0.15, 0.2) is 0 Å². The molecule has 0 amide bonds. The molecule has 0 aromatic rings. The van der Waals surface area contributed by atoms with E-state index in [0.717, 1.165) is 19.1 Å². The Hall–Kier alpha value is 0.0569. The molecule has 1 rings (SSSR count). The molecule has 1 saturated heterocycles. The molecule has 5 heteroatoms. The summed E-state index contributed by atoms with van der Waals surface area (Å²) in [5, 5.41) is 0. The van der Waals surface area contributed by atoms with Crippen LogP contribution in [0.5, 0.6) is 0 Å². The Morgan fingerprint density at radius 2 is 1.73 bits per heavy atom. The number of epoxide rings is 1. The maximum atomic E-state index is 5.84. The first kappa shape index (κ1) is 13.1. The van der Waals surface area contributed by atoms with E-state index >= 15 is 0 Å². The largest absolute Gasteiger partial charge is 0.501 e. The summed E-state index contributed by atoms with van der Waals surface area (Å²) in [5.74, 6) is 0. The molecule has 0 spiro atoms. The first-order valence-electron chi connectivity index (χ1n) is 5.79. The van der Waals surface area contributed by atoms with Gasteiger partial charge in [-0.05, 0) is 13.8 Å². The van der Waals surface area contributed by atoms with E-state index in [4.69, 9.17) is 18.0 Å². The fourth-order valence-corrected chi connectivity index (χ4v) is 4.09. The highest BCUT2D eigenvalue weighted by Gasteiger charge is 2.41.